The molecule has 5 nitrogen and oxygen atoms in total. The van der Waals surface area contributed by atoms with Crippen LogP contribution in [0.4, 0.5) is 0 Å². The van der Waals surface area contributed by atoms with Gasteiger partial charge in [-0.15, -0.1) is 11.6 Å². The summed E-state index contributed by atoms with van der Waals surface area (Å²) in [5, 5.41) is 0.634. The van der Waals surface area contributed by atoms with E-state index in [2.05, 4.69) is 30.9 Å². The number of halogens is 3. The van der Waals surface area contributed by atoms with Gasteiger partial charge in [0.2, 0.25) is 5.88 Å². The van der Waals surface area contributed by atoms with Crippen LogP contribution in [0.15, 0.2) is 29.0 Å². The molecule has 3 aromatic rings. The van der Waals surface area contributed by atoms with Gasteiger partial charge in [-0.25, -0.2) is 9.97 Å². The van der Waals surface area contributed by atoms with E-state index in [4.69, 9.17) is 27.9 Å². The Balaban J connectivity index is 2.35. The van der Waals surface area contributed by atoms with Crippen LogP contribution >= 0.6 is 39.1 Å². The molecular formula is C13H9BrCl2N4O. The Morgan fingerprint density at radius 3 is 2.81 bits per heavy atom. The SMILES string of the molecule is COc1ncnc2c1nc(CCl)n2-c1ccc(Cl)cc1Br. The Morgan fingerprint density at radius 2 is 2.14 bits per heavy atom. The lowest BCUT2D eigenvalue weighted by Gasteiger charge is -2.09. The van der Waals surface area contributed by atoms with Crippen LogP contribution < -0.4 is 4.74 Å². The summed E-state index contributed by atoms with van der Waals surface area (Å²) in [5.74, 6) is 1.29. The fourth-order valence-electron chi connectivity index (χ4n) is 2.07. The molecule has 2 heterocycles. The summed E-state index contributed by atoms with van der Waals surface area (Å²) in [5.41, 5.74) is 2.04. The number of hydrogen-bond donors (Lipinski definition) is 0. The molecule has 0 saturated heterocycles. The van der Waals surface area contributed by atoms with Gasteiger partial charge in [0.1, 0.15) is 12.2 Å². The third-order valence-electron chi connectivity index (χ3n) is 2.94. The molecule has 0 aliphatic carbocycles. The molecule has 0 aliphatic heterocycles. The minimum absolute atomic E-state index is 0.231. The first kappa shape index (κ1) is 14.6. The zero-order valence-electron chi connectivity index (χ0n) is 10.8. The Hall–Kier alpha value is -1.37. The molecule has 0 saturated carbocycles. The van der Waals surface area contributed by atoms with Gasteiger partial charge in [-0.1, -0.05) is 11.6 Å². The van der Waals surface area contributed by atoms with E-state index in [0.29, 0.717) is 27.9 Å². The summed E-state index contributed by atoms with van der Waals surface area (Å²) in [7, 11) is 1.54. The molecule has 0 aliphatic rings. The Morgan fingerprint density at radius 1 is 1.33 bits per heavy atom. The monoisotopic (exact) mass is 386 g/mol. The maximum absolute atomic E-state index is 6.02. The topological polar surface area (TPSA) is 52.8 Å². The number of imidazole rings is 1. The molecule has 21 heavy (non-hydrogen) atoms. The minimum Gasteiger partial charge on any atom is -0.479 e. The van der Waals surface area contributed by atoms with Gasteiger partial charge >= 0.3 is 0 Å². The average molecular weight is 388 g/mol. The molecule has 2 aromatic heterocycles. The summed E-state index contributed by atoms with van der Waals surface area (Å²) >= 11 is 15.5. The number of aromatic nitrogens is 4. The van der Waals surface area contributed by atoms with Gasteiger partial charge in [-0.3, -0.25) is 4.57 Å². The van der Waals surface area contributed by atoms with Crippen LogP contribution in [0.5, 0.6) is 5.88 Å². The molecule has 0 unspecified atom stereocenters. The summed E-state index contributed by atoms with van der Waals surface area (Å²) in [6.07, 6.45) is 1.43. The van der Waals surface area contributed by atoms with Crippen LogP contribution in [0.2, 0.25) is 5.02 Å². The number of hydrogen-bond acceptors (Lipinski definition) is 4. The van der Waals surface area contributed by atoms with Crippen LogP contribution in [0.25, 0.3) is 16.9 Å². The average Bonchev–Trinajstić information content (AvgIpc) is 2.85. The number of ether oxygens (including phenoxy) is 1. The van der Waals surface area contributed by atoms with E-state index >= 15 is 0 Å². The number of nitrogens with zero attached hydrogens (tertiary/aromatic N) is 4. The first-order chi connectivity index (χ1) is 10.2. The van der Waals surface area contributed by atoms with E-state index in [-0.39, 0.29) is 5.88 Å². The van der Waals surface area contributed by atoms with E-state index in [1.54, 1.807) is 19.2 Å². The number of benzene rings is 1. The predicted octanol–water partition coefficient (Wildman–Crippen LogP) is 3.98. The zero-order chi connectivity index (χ0) is 15.0. The quantitative estimate of drug-likeness (QED) is 0.638. The summed E-state index contributed by atoms with van der Waals surface area (Å²) in [4.78, 5) is 12.8. The third-order valence-corrected chi connectivity index (χ3v) is 4.05. The molecule has 3 rings (SSSR count). The van der Waals surface area contributed by atoms with Crippen LogP contribution in [-0.2, 0) is 5.88 Å². The van der Waals surface area contributed by atoms with E-state index in [1.165, 1.54) is 6.33 Å². The summed E-state index contributed by atoms with van der Waals surface area (Å²) < 4.78 is 7.89. The number of methoxy groups -OCH3 is 1. The van der Waals surface area contributed by atoms with Crippen LogP contribution in [0.1, 0.15) is 5.82 Å². The zero-order valence-corrected chi connectivity index (χ0v) is 13.9. The molecule has 8 heteroatoms. The van der Waals surface area contributed by atoms with Crippen molar-refractivity contribution in [2.24, 2.45) is 0 Å². The fourth-order valence-corrected chi connectivity index (χ4v) is 3.11. The van der Waals surface area contributed by atoms with E-state index in [9.17, 15) is 0 Å². The molecule has 0 radical (unpaired) electrons. The largest absolute Gasteiger partial charge is 0.479 e. The molecule has 0 N–H and O–H groups in total. The van der Waals surface area contributed by atoms with Crippen molar-refractivity contribution in [3.63, 3.8) is 0 Å². The van der Waals surface area contributed by atoms with Gasteiger partial charge in [0.05, 0.1) is 18.7 Å². The molecule has 108 valence electrons. The maximum atomic E-state index is 6.02. The van der Waals surface area contributed by atoms with Gasteiger partial charge in [-0.05, 0) is 34.1 Å². The van der Waals surface area contributed by atoms with Crippen LogP contribution in [-0.4, -0.2) is 26.6 Å². The summed E-state index contributed by atoms with van der Waals surface area (Å²) in [6, 6.07) is 5.47. The molecule has 1 aromatic carbocycles. The van der Waals surface area contributed by atoms with Gasteiger partial charge in [-0.2, -0.15) is 4.98 Å². The second kappa shape index (κ2) is 5.79. The standard InChI is InChI=1S/C13H9BrCl2N4O/c1-21-13-11-12(17-6-18-13)20(10(5-15)19-11)9-3-2-7(16)4-8(9)14/h2-4,6H,5H2,1H3. The van der Waals surface area contributed by atoms with Crippen LogP contribution in [0, 0.1) is 0 Å². The number of alkyl halides is 1. The van der Waals surface area contributed by atoms with Crippen molar-refractivity contribution in [3.8, 4) is 11.6 Å². The van der Waals surface area contributed by atoms with Gasteiger partial charge < -0.3 is 4.74 Å². The van der Waals surface area contributed by atoms with E-state index < -0.39 is 0 Å². The van der Waals surface area contributed by atoms with E-state index in [0.717, 1.165) is 10.2 Å². The molecule has 0 bridgehead atoms. The van der Waals surface area contributed by atoms with Crippen molar-refractivity contribution in [3.05, 3.63) is 39.8 Å². The van der Waals surface area contributed by atoms with Gasteiger partial charge in [0.25, 0.3) is 0 Å². The van der Waals surface area contributed by atoms with Gasteiger partial charge in [0.15, 0.2) is 11.2 Å². The second-order valence-electron chi connectivity index (χ2n) is 4.15. The van der Waals surface area contributed by atoms with Crippen molar-refractivity contribution in [1.29, 1.82) is 0 Å². The molecular weight excluding hydrogens is 379 g/mol. The van der Waals surface area contributed by atoms with E-state index in [1.807, 2.05) is 10.6 Å². The Bertz CT molecular complexity index is 821. The third kappa shape index (κ3) is 2.47. The van der Waals surface area contributed by atoms with Crippen LogP contribution in [0.3, 0.4) is 0 Å². The van der Waals surface area contributed by atoms with Crippen molar-refractivity contribution >= 4 is 50.3 Å². The number of fused-ring (bicyclic) bond motifs is 1. The van der Waals surface area contributed by atoms with Crippen molar-refractivity contribution in [1.82, 2.24) is 19.5 Å². The first-order valence-corrected chi connectivity index (χ1v) is 7.64. The summed E-state index contributed by atoms with van der Waals surface area (Å²) in [6.45, 7) is 0. The molecule has 0 amide bonds. The van der Waals surface area contributed by atoms with Crippen molar-refractivity contribution in [2.45, 2.75) is 5.88 Å². The predicted molar refractivity (Wildman–Crippen MR) is 85.5 cm³/mol. The lowest BCUT2D eigenvalue weighted by Crippen LogP contribution is -2.01. The second-order valence-corrected chi connectivity index (χ2v) is 5.71. The highest BCUT2D eigenvalue weighted by Crippen LogP contribution is 2.31. The normalized spacial score (nSPS) is 11.0. The maximum Gasteiger partial charge on any atom is 0.245 e. The molecule has 0 atom stereocenters. The highest BCUT2D eigenvalue weighted by Gasteiger charge is 2.18. The highest BCUT2D eigenvalue weighted by atomic mass is 79.9. The molecule has 0 spiro atoms. The van der Waals surface area contributed by atoms with Crippen molar-refractivity contribution < 1.29 is 4.74 Å². The lowest BCUT2D eigenvalue weighted by atomic mass is 10.3. The Kier molecular flexibility index (Phi) is 4.01. The lowest BCUT2D eigenvalue weighted by molar-refractivity contribution is 0.401. The molecule has 0 fully saturated rings. The van der Waals surface area contributed by atoms with Gasteiger partial charge in [0, 0.05) is 9.50 Å². The smallest absolute Gasteiger partial charge is 0.245 e. The fraction of sp³-hybridized carbons (Fsp3) is 0.154. The first-order valence-electron chi connectivity index (χ1n) is 5.93. The number of rotatable bonds is 3. The Labute approximate surface area is 139 Å². The highest BCUT2D eigenvalue weighted by molar-refractivity contribution is 9.10. The van der Waals surface area contributed by atoms with Crippen molar-refractivity contribution in [2.75, 3.05) is 7.11 Å². The minimum atomic E-state index is 0.231.